The Balaban J connectivity index is 1.81. The molecule has 0 radical (unpaired) electrons. The zero-order valence-corrected chi connectivity index (χ0v) is 20.3. The van der Waals surface area contributed by atoms with Crippen molar-refractivity contribution < 1.29 is 32.5 Å². The predicted octanol–water partition coefficient (Wildman–Crippen LogP) is 5.43. The largest absolute Gasteiger partial charge is 0.452 e. The number of benzene rings is 1. The van der Waals surface area contributed by atoms with Crippen LogP contribution in [0.2, 0.25) is 0 Å². The number of methoxy groups -OCH3 is 1. The molecule has 192 valence electrons. The average molecular weight is 505 g/mol. The minimum atomic E-state index is -4.52. The van der Waals surface area contributed by atoms with E-state index in [0.717, 1.165) is 12.1 Å². The molecule has 0 saturated carbocycles. The van der Waals surface area contributed by atoms with Crippen molar-refractivity contribution in [3.05, 3.63) is 54.0 Å². The first-order chi connectivity index (χ1) is 16.9. The average Bonchev–Trinajstić information content (AvgIpc) is 3.24. The SMILES string of the molecule is COC(=O)N1c2ccc(-c3cnn(CC(C)(C)O)c3)c(Oc3ccc(C(F)(F)F)cn3)c2CCC1C. The number of aliphatic hydroxyl groups is 1. The summed E-state index contributed by atoms with van der Waals surface area (Å²) >= 11 is 0. The number of amides is 1. The van der Waals surface area contributed by atoms with Gasteiger partial charge >= 0.3 is 12.3 Å². The first-order valence-corrected chi connectivity index (χ1v) is 11.4. The second-order valence-corrected chi connectivity index (χ2v) is 9.39. The van der Waals surface area contributed by atoms with Crippen LogP contribution in [0.4, 0.5) is 23.7 Å². The van der Waals surface area contributed by atoms with Crippen molar-refractivity contribution in [2.24, 2.45) is 0 Å². The normalized spacial score (nSPS) is 16.0. The molecule has 11 heteroatoms. The van der Waals surface area contributed by atoms with Crippen LogP contribution in [0, 0.1) is 0 Å². The fourth-order valence-corrected chi connectivity index (χ4v) is 4.22. The second kappa shape index (κ2) is 9.45. The molecule has 1 aromatic carbocycles. The van der Waals surface area contributed by atoms with Gasteiger partial charge in [0.1, 0.15) is 5.75 Å². The fourth-order valence-electron chi connectivity index (χ4n) is 4.22. The van der Waals surface area contributed by atoms with E-state index in [0.29, 0.717) is 47.2 Å². The molecule has 0 saturated heterocycles. The summed E-state index contributed by atoms with van der Waals surface area (Å²) in [6.45, 7) is 5.50. The van der Waals surface area contributed by atoms with Gasteiger partial charge in [0.15, 0.2) is 0 Å². The highest BCUT2D eigenvalue weighted by Crippen LogP contribution is 2.44. The third-order valence-electron chi connectivity index (χ3n) is 5.88. The molecule has 3 heterocycles. The van der Waals surface area contributed by atoms with E-state index in [2.05, 4.69) is 10.1 Å². The van der Waals surface area contributed by atoms with Gasteiger partial charge in [-0.3, -0.25) is 9.58 Å². The zero-order valence-electron chi connectivity index (χ0n) is 20.3. The van der Waals surface area contributed by atoms with Crippen molar-refractivity contribution in [1.29, 1.82) is 0 Å². The van der Waals surface area contributed by atoms with Crippen molar-refractivity contribution >= 4 is 11.8 Å². The Morgan fingerprint density at radius 2 is 1.94 bits per heavy atom. The maximum atomic E-state index is 13.0. The van der Waals surface area contributed by atoms with E-state index in [9.17, 15) is 23.1 Å². The summed E-state index contributed by atoms with van der Waals surface area (Å²) in [7, 11) is 1.30. The number of alkyl halides is 3. The molecule has 0 fully saturated rings. The number of fused-ring (bicyclic) bond motifs is 1. The molecule has 2 aromatic heterocycles. The summed E-state index contributed by atoms with van der Waals surface area (Å²) in [6.07, 6.45) is 0.225. The Morgan fingerprint density at radius 1 is 1.19 bits per heavy atom. The molecule has 4 rings (SSSR count). The molecule has 1 N–H and O–H groups in total. The number of carbonyl (C=O) groups excluding carboxylic acids is 1. The van der Waals surface area contributed by atoms with Gasteiger partial charge in [0.2, 0.25) is 5.88 Å². The van der Waals surface area contributed by atoms with Gasteiger partial charge in [-0.25, -0.2) is 9.78 Å². The van der Waals surface area contributed by atoms with Gasteiger partial charge in [-0.1, -0.05) is 0 Å². The quantitative estimate of drug-likeness (QED) is 0.498. The summed E-state index contributed by atoms with van der Waals surface area (Å²) in [5, 5.41) is 14.5. The molecule has 1 aliphatic heterocycles. The number of nitrogens with zero attached hydrogens (tertiary/aromatic N) is 4. The number of anilines is 1. The molecule has 0 bridgehead atoms. The van der Waals surface area contributed by atoms with E-state index in [4.69, 9.17) is 9.47 Å². The number of hydrogen-bond donors (Lipinski definition) is 1. The lowest BCUT2D eigenvalue weighted by Crippen LogP contribution is -2.42. The van der Waals surface area contributed by atoms with Gasteiger partial charge in [-0.15, -0.1) is 0 Å². The van der Waals surface area contributed by atoms with Gasteiger partial charge in [0.05, 0.1) is 36.7 Å². The lowest BCUT2D eigenvalue weighted by Gasteiger charge is -2.35. The van der Waals surface area contributed by atoms with Gasteiger partial charge < -0.3 is 14.6 Å². The molecule has 1 aliphatic rings. The summed E-state index contributed by atoms with van der Waals surface area (Å²) in [5.74, 6) is 0.341. The summed E-state index contributed by atoms with van der Waals surface area (Å²) in [6, 6.07) is 5.49. The number of rotatable bonds is 5. The lowest BCUT2D eigenvalue weighted by atomic mass is 9.92. The van der Waals surface area contributed by atoms with Gasteiger partial charge in [0.25, 0.3) is 0 Å². The van der Waals surface area contributed by atoms with Crippen LogP contribution < -0.4 is 9.64 Å². The minimum absolute atomic E-state index is 0.0234. The van der Waals surface area contributed by atoms with E-state index in [1.807, 2.05) is 6.92 Å². The first kappa shape index (κ1) is 25.5. The number of aromatic nitrogens is 3. The van der Waals surface area contributed by atoms with Crippen LogP contribution in [0.15, 0.2) is 42.9 Å². The Morgan fingerprint density at radius 3 is 2.56 bits per heavy atom. The van der Waals surface area contributed by atoms with Crippen molar-refractivity contribution in [2.75, 3.05) is 12.0 Å². The van der Waals surface area contributed by atoms with Crippen LogP contribution >= 0.6 is 0 Å². The Hall–Kier alpha value is -3.60. The molecular weight excluding hydrogens is 477 g/mol. The molecular formula is C25H27F3N4O4. The highest BCUT2D eigenvalue weighted by molar-refractivity contribution is 5.92. The molecule has 0 spiro atoms. The van der Waals surface area contributed by atoms with Crippen LogP contribution in [0.1, 0.15) is 38.3 Å². The van der Waals surface area contributed by atoms with Crippen LogP contribution in [0.3, 0.4) is 0 Å². The van der Waals surface area contributed by atoms with Gasteiger partial charge in [0, 0.05) is 41.2 Å². The van der Waals surface area contributed by atoms with E-state index in [1.165, 1.54) is 12.0 Å². The maximum Gasteiger partial charge on any atom is 0.417 e. The number of halogens is 3. The molecule has 1 amide bonds. The minimum Gasteiger partial charge on any atom is -0.452 e. The highest BCUT2D eigenvalue weighted by Gasteiger charge is 2.33. The van der Waals surface area contributed by atoms with Crippen molar-refractivity contribution in [2.45, 2.75) is 58.0 Å². The van der Waals surface area contributed by atoms with E-state index < -0.39 is 23.4 Å². The second-order valence-electron chi connectivity index (χ2n) is 9.39. The van der Waals surface area contributed by atoms with Crippen LogP contribution in [-0.2, 0) is 23.9 Å². The standard InChI is InChI=1S/C25H27F3N4O4/c1-15-5-7-19-20(32(15)23(33)35-4)9-8-18(16-11-30-31(13-16)14-24(2,3)34)22(19)36-21-10-6-17(12-29-21)25(26,27)28/h6,8-13,15,34H,5,7,14H2,1-4H3. The van der Waals surface area contributed by atoms with Crippen LogP contribution in [-0.4, -0.2) is 44.7 Å². The van der Waals surface area contributed by atoms with E-state index in [1.54, 1.807) is 43.1 Å². The van der Waals surface area contributed by atoms with Crippen molar-refractivity contribution in [3.63, 3.8) is 0 Å². The number of pyridine rings is 1. The molecule has 0 aliphatic carbocycles. The van der Waals surface area contributed by atoms with E-state index in [-0.39, 0.29) is 18.5 Å². The first-order valence-electron chi connectivity index (χ1n) is 11.4. The third kappa shape index (κ3) is 5.30. The molecule has 3 aromatic rings. The monoisotopic (exact) mass is 504 g/mol. The van der Waals surface area contributed by atoms with Gasteiger partial charge in [-0.2, -0.15) is 18.3 Å². The molecule has 36 heavy (non-hydrogen) atoms. The third-order valence-corrected chi connectivity index (χ3v) is 5.88. The summed E-state index contributed by atoms with van der Waals surface area (Å²) in [4.78, 5) is 17.9. The van der Waals surface area contributed by atoms with Crippen LogP contribution in [0.25, 0.3) is 11.1 Å². The van der Waals surface area contributed by atoms with Crippen LogP contribution in [0.5, 0.6) is 11.6 Å². The molecule has 1 atom stereocenters. The Labute approximate surface area is 206 Å². The van der Waals surface area contributed by atoms with Crippen molar-refractivity contribution in [3.8, 4) is 22.8 Å². The smallest absolute Gasteiger partial charge is 0.417 e. The number of ether oxygens (including phenoxy) is 2. The predicted molar refractivity (Wildman–Crippen MR) is 126 cm³/mol. The summed E-state index contributed by atoms with van der Waals surface area (Å²) in [5.41, 5.74) is 0.718. The topological polar surface area (TPSA) is 89.7 Å². The molecule has 1 unspecified atom stereocenters. The number of hydrogen-bond acceptors (Lipinski definition) is 6. The Bertz CT molecular complexity index is 1250. The fraction of sp³-hybridized carbons (Fsp3) is 0.400. The molecule has 8 nitrogen and oxygen atoms in total. The number of carbonyl (C=O) groups is 1. The summed E-state index contributed by atoms with van der Waals surface area (Å²) < 4.78 is 51.7. The van der Waals surface area contributed by atoms with Gasteiger partial charge in [-0.05, 0) is 51.8 Å². The highest BCUT2D eigenvalue weighted by atomic mass is 19.4. The van der Waals surface area contributed by atoms with E-state index >= 15 is 0 Å². The lowest BCUT2D eigenvalue weighted by molar-refractivity contribution is -0.137. The van der Waals surface area contributed by atoms with Crippen molar-refractivity contribution in [1.82, 2.24) is 14.8 Å². The zero-order chi connectivity index (χ0) is 26.3. The Kier molecular flexibility index (Phi) is 6.70. The maximum absolute atomic E-state index is 13.0.